The molecule has 18 heavy (non-hydrogen) atoms. The summed E-state index contributed by atoms with van der Waals surface area (Å²) in [6.45, 7) is 7.99. The van der Waals surface area contributed by atoms with Gasteiger partial charge in [0.25, 0.3) is 0 Å². The summed E-state index contributed by atoms with van der Waals surface area (Å²) in [5.41, 5.74) is 0. The fourth-order valence-electron chi connectivity index (χ4n) is 2.94. The predicted octanol–water partition coefficient (Wildman–Crippen LogP) is 1.59. The van der Waals surface area contributed by atoms with Gasteiger partial charge in [-0.25, -0.2) is 0 Å². The van der Waals surface area contributed by atoms with Gasteiger partial charge in [0.15, 0.2) is 0 Å². The molecule has 3 unspecified atom stereocenters. The van der Waals surface area contributed by atoms with Gasteiger partial charge in [0.1, 0.15) is 0 Å². The molecule has 1 fully saturated rings. The first-order valence-corrected chi connectivity index (χ1v) is 7.07. The van der Waals surface area contributed by atoms with Gasteiger partial charge < -0.3 is 10.2 Å². The normalized spacial score (nSPS) is 24.9. The van der Waals surface area contributed by atoms with Crippen molar-refractivity contribution in [2.24, 2.45) is 5.92 Å². The minimum atomic E-state index is 0.465. The molecule has 0 saturated carbocycles. The Labute approximate surface area is 110 Å². The van der Waals surface area contributed by atoms with Gasteiger partial charge in [0.05, 0.1) is 6.54 Å². The Morgan fingerprint density at radius 3 is 2.94 bits per heavy atom. The number of hydrogen-bond acceptors (Lipinski definition) is 3. The number of nitrogens with one attached hydrogen (secondary N) is 1. The molecule has 1 aromatic heterocycles. The number of likely N-dealkylation sites (tertiary alicyclic amines) is 1. The lowest BCUT2D eigenvalue weighted by atomic mass is 9.91. The summed E-state index contributed by atoms with van der Waals surface area (Å²) in [6.07, 6.45) is 6.55. The van der Waals surface area contributed by atoms with Gasteiger partial charge in [-0.15, -0.1) is 0 Å². The molecule has 0 radical (unpaired) electrons. The minimum absolute atomic E-state index is 0.465. The van der Waals surface area contributed by atoms with E-state index >= 15 is 0 Å². The molecular weight excluding hydrogens is 224 g/mol. The van der Waals surface area contributed by atoms with Crippen LogP contribution in [0.3, 0.4) is 0 Å². The first-order valence-electron chi connectivity index (χ1n) is 7.07. The summed E-state index contributed by atoms with van der Waals surface area (Å²) < 4.78 is 2.00. The monoisotopic (exact) mass is 250 g/mol. The van der Waals surface area contributed by atoms with Crippen LogP contribution in [-0.2, 0) is 6.54 Å². The molecule has 0 spiro atoms. The average molecular weight is 250 g/mol. The van der Waals surface area contributed by atoms with Gasteiger partial charge in [-0.2, -0.15) is 5.10 Å². The zero-order chi connectivity index (χ0) is 13.0. The number of piperidine rings is 1. The van der Waals surface area contributed by atoms with Crippen LogP contribution in [0.25, 0.3) is 0 Å². The number of rotatable bonds is 5. The van der Waals surface area contributed by atoms with Gasteiger partial charge in [-0.1, -0.05) is 0 Å². The van der Waals surface area contributed by atoms with Crippen LogP contribution in [0.15, 0.2) is 18.5 Å². The lowest BCUT2D eigenvalue weighted by Crippen LogP contribution is -2.46. The molecule has 0 aliphatic carbocycles. The molecule has 2 rings (SSSR count). The van der Waals surface area contributed by atoms with Crippen LogP contribution in [0.4, 0.5) is 0 Å². The third kappa shape index (κ3) is 3.82. The van der Waals surface area contributed by atoms with Gasteiger partial charge in [0, 0.05) is 31.0 Å². The van der Waals surface area contributed by atoms with Crippen LogP contribution < -0.4 is 5.32 Å². The Morgan fingerprint density at radius 1 is 1.44 bits per heavy atom. The van der Waals surface area contributed by atoms with Crippen molar-refractivity contribution < 1.29 is 0 Å². The lowest BCUT2D eigenvalue weighted by molar-refractivity contribution is 0.172. The molecule has 3 atom stereocenters. The Bertz CT molecular complexity index is 336. The van der Waals surface area contributed by atoms with Crippen molar-refractivity contribution in [2.75, 3.05) is 20.1 Å². The third-order valence-corrected chi connectivity index (χ3v) is 3.94. The zero-order valence-electron chi connectivity index (χ0n) is 11.8. The summed E-state index contributed by atoms with van der Waals surface area (Å²) in [7, 11) is 2.23. The SMILES string of the molecule is CC(Cn1cccn1)NC(C)C1CCCN(C)C1. The van der Waals surface area contributed by atoms with Crippen LogP contribution in [0.2, 0.25) is 0 Å². The fraction of sp³-hybridized carbons (Fsp3) is 0.786. The summed E-state index contributed by atoms with van der Waals surface area (Å²) in [5, 5.41) is 7.98. The smallest absolute Gasteiger partial charge is 0.0560 e. The second-order valence-corrected chi connectivity index (χ2v) is 5.75. The van der Waals surface area contributed by atoms with E-state index in [1.807, 2.05) is 23.1 Å². The molecule has 0 amide bonds. The van der Waals surface area contributed by atoms with E-state index in [0.717, 1.165) is 12.5 Å². The first-order chi connectivity index (χ1) is 8.65. The van der Waals surface area contributed by atoms with Crippen molar-refractivity contribution in [1.29, 1.82) is 0 Å². The summed E-state index contributed by atoms with van der Waals surface area (Å²) in [5.74, 6) is 0.781. The molecule has 102 valence electrons. The molecule has 1 aromatic rings. The average Bonchev–Trinajstić information content (AvgIpc) is 2.81. The maximum Gasteiger partial charge on any atom is 0.0560 e. The van der Waals surface area contributed by atoms with E-state index in [-0.39, 0.29) is 0 Å². The summed E-state index contributed by atoms with van der Waals surface area (Å²) in [6, 6.07) is 3.03. The van der Waals surface area contributed by atoms with Crippen molar-refractivity contribution in [2.45, 2.75) is 45.3 Å². The maximum absolute atomic E-state index is 4.26. The predicted molar refractivity (Wildman–Crippen MR) is 74.5 cm³/mol. The molecule has 1 saturated heterocycles. The maximum atomic E-state index is 4.26. The minimum Gasteiger partial charge on any atom is -0.310 e. The van der Waals surface area contributed by atoms with Crippen molar-refractivity contribution in [3.8, 4) is 0 Å². The molecular formula is C14H26N4. The second-order valence-electron chi connectivity index (χ2n) is 5.75. The third-order valence-electron chi connectivity index (χ3n) is 3.94. The van der Waals surface area contributed by atoms with Crippen molar-refractivity contribution >= 4 is 0 Å². The van der Waals surface area contributed by atoms with Gasteiger partial charge >= 0.3 is 0 Å². The molecule has 1 N–H and O–H groups in total. The highest BCUT2D eigenvalue weighted by Crippen LogP contribution is 2.18. The van der Waals surface area contributed by atoms with E-state index < -0.39 is 0 Å². The Morgan fingerprint density at radius 2 is 2.28 bits per heavy atom. The van der Waals surface area contributed by atoms with Gasteiger partial charge in [0.2, 0.25) is 0 Å². The molecule has 1 aliphatic rings. The van der Waals surface area contributed by atoms with E-state index in [1.54, 1.807) is 0 Å². The van der Waals surface area contributed by atoms with Gasteiger partial charge in [-0.05, 0) is 52.3 Å². The number of hydrogen-bond donors (Lipinski definition) is 1. The highest BCUT2D eigenvalue weighted by Gasteiger charge is 2.23. The standard InChI is InChI=1S/C14H26N4/c1-12(10-18-9-5-7-15-18)16-13(2)14-6-4-8-17(3)11-14/h5,7,9,12-14,16H,4,6,8,10-11H2,1-3H3. The van der Waals surface area contributed by atoms with E-state index in [4.69, 9.17) is 0 Å². The molecule has 0 bridgehead atoms. The van der Waals surface area contributed by atoms with E-state index in [9.17, 15) is 0 Å². The Kier molecular flexibility index (Phi) is 4.78. The molecule has 4 nitrogen and oxygen atoms in total. The number of aromatic nitrogens is 2. The van der Waals surface area contributed by atoms with Crippen molar-refractivity contribution in [3.05, 3.63) is 18.5 Å². The quantitative estimate of drug-likeness (QED) is 0.861. The Balaban J connectivity index is 1.77. The van der Waals surface area contributed by atoms with E-state index in [2.05, 4.69) is 36.2 Å². The van der Waals surface area contributed by atoms with E-state index in [0.29, 0.717) is 12.1 Å². The number of nitrogens with zero attached hydrogens (tertiary/aromatic N) is 3. The first kappa shape index (κ1) is 13.6. The molecule has 0 aromatic carbocycles. The highest BCUT2D eigenvalue weighted by atomic mass is 15.3. The summed E-state index contributed by atoms with van der Waals surface area (Å²) in [4.78, 5) is 2.45. The zero-order valence-corrected chi connectivity index (χ0v) is 11.8. The molecule has 4 heteroatoms. The lowest BCUT2D eigenvalue weighted by Gasteiger charge is -2.35. The van der Waals surface area contributed by atoms with Crippen molar-refractivity contribution in [3.63, 3.8) is 0 Å². The topological polar surface area (TPSA) is 33.1 Å². The second kappa shape index (κ2) is 6.34. The fourth-order valence-corrected chi connectivity index (χ4v) is 2.94. The van der Waals surface area contributed by atoms with Crippen LogP contribution in [0.5, 0.6) is 0 Å². The van der Waals surface area contributed by atoms with Crippen LogP contribution in [-0.4, -0.2) is 46.9 Å². The van der Waals surface area contributed by atoms with Crippen LogP contribution >= 0.6 is 0 Å². The van der Waals surface area contributed by atoms with Crippen LogP contribution in [0, 0.1) is 5.92 Å². The highest BCUT2D eigenvalue weighted by molar-refractivity contribution is 4.82. The largest absolute Gasteiger partial charge is 0.310 e. The molecule has 1 aliphatic heterocycles. The molecule has 2 heterocycles. The van der Waals surface area contributed by atoms with Crippen molar-refractivity contribution in [1.82, 2.24) is 20.0 Å². The van der Waals surface area contributed by atoms with Crippen LogP contribution in [0.1, 0.15) is 26.7 Å². The summed E-state index contributed by atoms with van der Waals surface area (Å²) >= 11 is 0. The van der Waals surface area contributed by atoms with Gasteiger partial charge in [-0.3, -0.25) is 4.68 Å². The van der Waals surface area contributed by atoms with E-state index in [1.165, 1.54) is 25.9 Å². The Hall–Kier alpha value is -0.870.